The second-order valence-corrected chi connectivity index (χ2v) is 8.67. The molecule has 1 atom stereocenters. The average Bonchev–Trinajstić information content (AvgIpc) is 2.60. The molecular formula is C21H31O4P. The van der Waals surface area contributed by atoms with Crippen molar-refractivity contribution in [3.8, 4) is 5.75 Å². The van der Waals surface area contributed by atoms with Crippen LogP contribution in [0.2, 0.25) is 0 Å². The van der Waals surface area contributed by atoms with Gasteiger partial charge >= 0.3 is 7.60 Å². The molecule has 0 heterocycles. The Morgan fingerprint density at radius 1 is 0.923 bits per heavy atom. The van der Waals surface area contributed by atoms with Crippen molar-refractivity contribution in [1.82, 2.24) is 0 Å². The van der Waals surface area contributed by atoms with E-state index in [2.05, 4.69) is 6.92 Å². The third-order valence-electron chi connectivity index (χ3n) is 4.61. The molecule has 0 bridgehead atoms. The predicted octanol–water partition coefficient (Wildman–Crippen LogP) is 5.91. The molecule has 0 fully saturated rings. The van der Waals surface area contributed by atoms with E-state index in [4.69, 9.17) is 4.74 Å². The molecule has 26 heavy (non-hydrogen) atoms. The summed E-state index contributed by atoms with van der Waals surface area (Å²) >= 11 is 0. The molecule has 2 aromatic rings. The standard InChI is InChI=1S/C21H31O4P/c1-2-3-4-5-6-7-8-14-19(17-26(22,23)24)25-21-16-11-13-18-12-9-10-15-20(18)21/h9-13,15-16,19H,2-8,14,17H2,1H3,(H2,22,23,24). The summed E-state index contributed by atoms with van der Waals surface area (Å²) in [5.74, 6) is 0.699. The van der Waals surface area contributed by atoms with Gasteiger partial charge in [0, 0.05) is 5.39 Å². The van der Waals surface area contributed by atoms with Crippen LogP contribution >= 0.6 is 7.60 Å². The van der Waals surface area contributed by atoms with Gasteiger partial charge in [-0.1, -0.05) is 81.8 Å². The van der Waals surface area contributed by atoms with Crippen LogP contribution in [0.25, 0.3) is 10.8 Å². The molecule has 0 aliphatic carbocycles. The monoisotopic (exact) mass is 378 g/mol. The van der Waals surface area contributed by atoms with Gasteiger partial charge in [-0.05, 0) is 24.3 Å². The summed E-state index contributed by atoms with van der Waals surface area (Å²) < 4.78 is 17.6. The molecule has 144 valence electrons. The van der Waals surface area contributed by atoms with E-state index in [0.29, 0.717) is 12.2 Å². The zero-order chi connectivity index (χ0) is 18.8. The van der Waals surface area contributed by atoms with E-state index >= 15 is 0 Å². The van der Waals surface area contributed by atoms with Gasteiger partial charge in [0.15, 0.2) is 0 Å². The first-order valence-electron chi connectivity index (χ1n) is 9.68. The molecule has 4 nitrogen and oxygen atoms in total. The lowest BCUT2D eigenvalue weighted by Gasteiger charge is -2.21. The van der Waals surface area contributed by atoms with Gasteiger partial charge in [-0.3, -0.25) is 4.57 Å². The number of benzene rings is 2. The molecule has 5 heteroatoms. The number of rotatable bonds is 12. The van der Waals surface area contributed by atoms with Crippen molar-refractivity contribution in [2.45, 2.75) is 64.4 Å². The van der Waals surface area contributed by atoms with Crippen LogP contribution in [0.3, 0.4) is 0 Å². The van der Waals surface area contributed by atoms with Crippen LogP contribution in [-0.2, 0) is 4.57 Å². The van der Waals surface area contributed by atoms with Crippen LogP contribution in [0.5, 0.6) is 5.75 Å². The Bertz CT molecular complexity index is 705. The number of ether oxygens (including phenoxy) is 1. The second-order valence-electron chi connectivity index (χ2n) is 6.97. The maximum absolute atomic E-state index is 11.5. The highest BCUT2D eigenvalue weighted by Gasteiger charge is 2.23. The Kier molecular flexibility index (Phi) is 8.64. The molecule has 2 rings (SSSR count). The van der Waals surface area contributed by atoms with Crippen molar-refractivity contribution in [1.29, 1.82) is 0 Å². The van der Waals surface area contributed by atoms with E-state index in [0.717, 1.165) is 23.6 Å². The summed E-state index contributed by atoms with van der Waals surface area (Å²) in [4.78, 5) is 18.8. The Morgan fingerprint density at radius 2 is 1.58 bits per heavy atom. The Hall–Kier alpha value is -1.35. The maximum atomic E-state index is 11.5. The normalized spacial score (nSPS) is 13.0. The predicted molar refractivity (Wildman–Crippen MR) is 108 cm³/mol. The summed E-state index contributed by atoms with van der Waals surface area (Å²) in [5, 5.41) is 2.04. The molecule has 0 aromatic heterocycles. The zero-order valence-electron chi connectivity index (χ0n) is 15.6. The Balaban J connectivity index is 1.95. The molecule has 0 spiro atoms. The van der Waals surface area contributed by atoms with E-state index in [1.165, 1.54) is 32.1 Å². The van der Waals surface area contributed by atoms with Gasteiger partial charge in [-0.15, -0.1) is 0 Å². The smallest absolute Gasteiger partial charge is 0.329 e. The van der Waals surface area contributed by atoms with Gasteiger partial charge in [0.05, 0.1) is 6.16 Å². The van der Waals surface area contributed by atoms with Gasteiger partial charge in [0.1, 0.15) is 11.9 Å². The van der Waals surface area contributed by atoms with E-state index in [1.54, 1.807) is 0 Å². The van der Waals surface area contributed by atoms with Gasteiger partial charge < -0.3 is 14.5 Å². The highest BCUT2D eigenvalue weighted by Crippen LogP contribution is 2.38. The fourth-order valence-corrected chi connectivity index (χ4v) is 4.05. The van der Waals surface area contributed by atoms with E-state index < -0.39 is 13.7 Å². The third-order valence-corrected chi connectivity index (χ3v) is 5.50. The van der Waals surface area contributed by atoms with Crippen molar-refractivity contribution < 1.29 is 19.1 Å². The first-order chi connectivity index (χ1) is 12.5. The van der Waals surface area contributed by atoms with Crippen molar-refractivity contribution in [2.75, 3.05) is 6.16 Å². The van der Waals surface area contributed by atoms with Crippen LogP contribution in [0.4, 0.5) is 0 Å². The second kappa shape index (κ2) is 10.7. The van der Waals surface area contributed by atoms with Gasteiger partial charge in [0.2, 0.25) is 0 Å². The van der Waals surface area contributed by atoms with Crippen molar-refractivity contribution >= 4 is 18.4 Å². The number of hydrogen-bond acceptors (Lipinski definition) is 2. The fourth-order valence-electron chi connectivity index (χ4n) is 3.26. The third kappa shape index (κ3) is 7.49. The van der Waals surface area contributed by atoms with Crippen LogP contribution in [0.1, 0.15) is 58.3 Å². The summed E-state index contributed by atoms with van der Waals surface area (Å²) in [7, 11) is -4.11. The average molecular weight is 378 g/mol. The minimum Gasteiger partial charge on any atom is -0.489 e. The lowest BCUT2D eigenvalue weighted by atomic mass is 10.1. The summed E-state index contributed by atoms with van der Waals surface area (Å²) in [6.07, 6.45) is 8.20. The fraction of sp³-hybridized carbons (Fsp3) is 0.524. The summed E-state index contributed by atoms with van der Waals surface area (Å²) in [6, 6.07) is 13.7. The number of fused-ring (bicyclic) bond motifs is 1. The van der Waals surface area contributed by atoms with Crippen molar-refractivity contribution in [3.05, 3.63) is 42.5 Å². The van der Waals surface area contributed by atoms with Crippen LogP contribution in [0.15, 0.2) is 42.5 Å². The molecule has 2 aromatic carbocycles. The van der Waals surface area contributed by atoms with E-state index in [9.17, 15) is 14.4 Å². The Labute approximate surface area is 156 Å². The molecule has 0 aliphatic rings. The molecule has 1 unspecified atom stereocenters. The van der Waals surface area contributed by atoms with Gasteiger partial charge in [-0.2, -0.15) is 0 Å². The van der Waals surface area contributed by atoms with Crippen molar-refractivity contribution in [3.63, 3.8) is 0 Å². The molecule has 2 N–H and O–H groups in total. The molecule has 0 aliphatic heterocycles. The van der Waals surface area contributed by atoms with Crippen molar-refractivity contribution in [2.24, 2.45) is 0 Å². The Morgan fingerprint density at radius 3 is 2.31 bits per heavy atom. The topological polar surface area (TPSA) is 66.8 Å². The highest BCUT2D eigenvalue weighted by atomic mass is 31.2. The molecule has 0 radical (unpaired) electrons. The zero-order valence-corrected chi connectivity index (χ0v) is 16.5. The molecule has 0 saturated heterocycles. The first kappa shape index (κ1) is 21.0. The summed E-state index contributed by atoms with van der Waals surface area (Å²) in [6.45, 7) is 2.21. The van der Waals surface area contributed by atoms with E-state index in [1.807, 2.05) is 42.5 Å². The molecular weight excluding hydrogens is 347 g/mol. The van der Waals surface area contributed by atoms with Crippen LogP contribution in [0, 0.1) is 0 Å². The quantitative estimate of drug-likeness (QED) is 0.356. The molecule has 0 saturated carbocycles. The minimum absolute atomic E-state index is 0.230. The highest BCUT2D eigenvalue weighted by molar-refractivity contribution is 7.51. The number of hydrogen-bond donors (Lipinski definition) is 2. The van der Waals surface area contributed by atoms with E-state index in [-0.39, 0.29) is 6.16 Å². The van der Waals surface area contributed by atoms with Gasteiger partial charge in [0.25, 0.3) is 0 Å². The lowest BCUT2D eigenvalue weighted by molar-refractivity contribution is 0.202. The molecule has 0 amide bonds. The SMILES string of the molecule is CCCCCCCCCC(CP(=O)(O)O)Oc1cccc2ccccc12. The van der Waals surface area contributed by atoms with Crippen LogP contribution in [-0.4, -0.2) is 22.1 Å². The number of unbranched alkanes of at least 4 members (excludes halogenated alkanes) is 6. The summed E-state index contributed by atoms with van der Waals surface area (Å²) in [5.41, 5.74) is 0. The minimum atomic E-state index is -4.11. The van der Waals surface area contributed by atoms with Crippen LogP contribution < -0.4 is 4.74 Å². The maximum Gasteiger partial charge on any atom is 0.329 e. The lowest BCUT2D eigenvalue weighted by Crippen LogP contribution is -2.21. The first-order valence-corrected chi connectivity index (χ1v) is 11.5. The van der Waals surface area contributed by atoms with Gasteiger partial charge in [-0.25, -0.2) is 0 Å². The largest absolute Gasteiger partial charge is 0.489 e.